The molecule has 1 aromatic carbocycles. The van der Waals surface area contributed by atoms with Crippen molar-refractivity contribution >= 4 is 11.9 Å². The highest BCUT2D eigenvalue weighted by Gasteiger charge is 2.08. The van der Waals surface area contributed by atoms with Gasteiger partial charge in [-0.1, -0.05) is 0 Å². The lowest BCUT2D eigenvalue weighted by atomic mass is 10.2. The Kier molecular flexibility index (Phi) is 1.20. The molecule has 1 rings (SSSR count). The largest absolute Gasteiger partial charge is 0.287 e. The van der Waals surface area contributed by atoms with Gasteiger partial charge in [-0.25, -0.2) is 9.59 Å². The van der Waals surface area contributed by atoms with E-state index < -0.39 is 21.3 Å². The van der Waals surface area contributed by atoms with Crippen LogP contribution in [0.5, 0.6) is 0 Å². The summed E-state index contributed by atoms with van der Waals surface area (Å²) in [6, 6.07) is 0. The Morgan fingerprint density at radius 1 is 0.800 bits per heavy atom. The van der Waals surface area contributed by atoms with Crippen molar-refractivity contribution in [2.75, 3.05) is 0 Å². The molecule has 0 bridgehead atoms. The van der Waals surface area contributed by atoms with Crippen molar-refractivity contribution in [1.82, 2.24) is 0 Å². The van der Waals surface area contributed by atoms with Gasteiger partial charge in [-0.3, -0.25) is 9.59 Å². The van der Waals surface area contributed by atoms with Crippen molar-refractivity contribution in [2.45, 2.75) is 0 Å². The molecule has 0 N–H and O–H groups in total. The molecule has 0 aliphatic heterocycles. The summed E-state index contributed by atoms with van der Waals surface area (Å²) in [6.07, 6.45) is 0. The van der Waals surface area contributed by atoms with Gasteiger partial charge in [0.2, 0.25) is 10.9 Å². The van der Waals surface area contributed by atoms with Crippen LogP contribution in [-0.4, -0.2) is 11.9 Å². The van der Waals surface area contributed by atoms with Crippen LogP contribution in [0.15, 0.2) is 9.59 Å². The van der Waals surface area contributed by atoms with Gasteiger partial charge in [-0.15, -0.1) is 0 Å². The molecule has 4 heteroatoms. The average Bonchev–Trinajstić information content (AvgIpc) is 1.90. The Morgan fingerprint density at radius 2 is 1.10 bits per heavy atom. The lowest BCUT2D eigenvalue weighted by Gasteiger charge is -1.77. The van der Waals surface area contributed by atoms with E-state index in [1.807, 2.05) is 0 Å². The lowest BCUT2D eigenvalue weighted by molar-refractivity contribution is 0.565. The minimum Gasteiger partial charge on any atom is -0.287 e. The second kappa shape index (κ2) is 1.88. The Balaban J connectivity index is 4.15. The highest BCUT2D eigenvalue weighted by Crippen LogP contribution is 1.26. The second-order valence-electron chi connectivity index (χ2n) is 1.61. The normalized spacial score (nSPS) is 8.80. The molecule has 0 aliphatic rings. The average molecular weight is 136 g/mol. The van der Waals surface area contributed by atoms with Gasteiger partial charge in [0.1, 0.15) is 11.9 Å². The molecule has 0 saturated heterocycles. The molecule has 48 valence electrons. The molecule has 0 aromatic heterocycles. The van der Waals surface area contributed by atoms with E-state index in [-0.39, 0.29) is 0 Å². The molecule has 0 unspecified atom stereocenters. The minimum atomic E-state index is -0.852. The maximum atomic E-state index is 10.4. The molecular formula is C6O4. The van der Waals surface area contributed by atoms with Crippen molar-refractivity contribution in [3.63, 3.8) is 0 Å². The molecule has 0 saturated carbocycles. The maximum absolute atomic E-state index is 10.4. The summed E-state index contributed by atoms with van der Waals surface area (Å²) >= 11 is 0. The van der Waals surface area contributed by atoms with E-state index in [1.165, 1.54) is 0 Å². The van der Waals surface area contributed by atoms with Crippen molar-refractivity contribution in [3.8, 4) is 0 Å². The zero-order valence-electron chi connectivity index (χ0n) is 4.63. The van der Waals surface area contributed by atoms with Crippen LogP contribution in [0.1, 0.15) is 0 Å². The zero-order valence-corrected chi connectivity index (χ0v) is 4.63. The molecule has 10 heavy (non-hydrogen) atoms. The van der Waals surface area contributed by atoms with E-state index in [9.17, 15) is 19.2 Å². The summed E-state index contributed by atoms with van der Waals surface area (Å²) in [5.74, 6) is 2.27. The molecule has 0 amide bonds. The fraction of sp³-hybridized carbons (Fsp3) is 0. The summed E-state index contributed by atoms with van der Waals surface area (Å²) in [4.78, 5) is 40.3. The Labute approximate surface area is 53.4 Å². The fourth-order valence-corrected chi connectivity index (χ4v) is 0.579. The molecule has 0 fully saturated rings. The number of hydrogen-bond donors (Lipinski definition) is 0. The van der Waals surface area contributed by atoms with Gasteiger partial charge >= 0.3 is 0 Å². The predicted octanol–water partition coefficient (Wildman–Crippen LogP) is -3.71. The zero-order chi connectivity index (χ0) is 7.72. The maximum Gasteiger partial charge on any atom is 0.223 e. The first-order valence-electron chi connectivity index (χ1n) is 2.32. The molecular weight excluding hydrogens is 136 g/mol. The summed E-state index contributed by atoms with van der Waals surface area (Å²) in [5.41, 5.74) is -1.70. The minimum absolute atomic E-state index is 0.585. The number of hydrogen-bond acceptors (Lipinski definition) is 4. The van der Waals surface area contributed by atoms with Gasteiger partial charge in [0.15, 0.2) is 10.4 Å². The first kappa shape index (κ1) is 6.36. The second-order valence-corrected chi connectivity index (χ2v) is 1.61. The highest BCUT2D eigenvalue weighted by molar-refractivity contribution is 5.54. The highest BCUT2D eigenvalue weighted by atomic mass is 16.2. The predicted molar refractivity (Wildman–Crippen MR) is 30.2 cm³/mol. The van der Waals surface area contributed by atoms with E-state index in [1.54, 1.807) is 0 Å². The number of carbonyl (C=O) groups excluding carboxylic acids is 2. The monoisotopic (exact) mass is 136 g/mol. The first-order valence-corrected chi connectivity index (χ1v) is 2.32. The topological polar surface area (TPSA) is 68.3 Å². The van der Waals surface area contributed by atoms with Crippen molar-refractivity contribution in [3.05, 3.63) is 30.9 Å². The quantitative estimate of drug-likeness (QED) is 0.368. The van der Waals surface area contributed by atoms with Gasteiger partial charge in [0.05, 0.1) is 0 Å². The van der Waals surface area contributed by atoms with E-state index in [0.717, 1.165) is 11.9 Å². The lowest BCUT2D eigenvalue weighted by Crippen LogP contribution is -2.65. The SMILES string of the molecule is O=C=c1c(=O)c(=C=O)c1=O. The molecule has 0 spiro atoms. The van der Waals surface area contributed by atoms with Gasteiger partial charge in [-0.05, 0) is 0 Å². The molecule has 0 atom stereocenters. The van der Waals surface area contributed by atoms with E-state index >= 15 is 0 Å². The van der Waals surface area contributed by atoms with Crippen molar-refractivity contribution in [1.29, 1.82) is 0 Å². The van der Waals surface area contributed by atoms with Gasteiger partial charge in [-0.2, -0.15) is 0 Å². The van der Waals surface area contributed by atoms with E-state index in [0.29, 0.717) is 0 Å². The summed E-state index contributed by atoms with van der Waals surface area (Å²) in [5, 5.41) is -1.17. The van der Waals surface area contributed by atoms with Crippen LogP contribution in [0, 0.1) is 0 Å². The summed E-state index contributed by atoms with van der Waals surface area (Å²) < 4.78 is 0. The van der Waals surface area contributed by atoms with Crippen LogP contribution >= 0.6 is 0 Å². The standard InChI is InChI=1S/C6O4/c7-1-3-5(9)4(2-8)6(3)10. The number of rotatable bonds is 0. The summed E-state index contributed by atoms with van der Waals surface area (Å²) in [6.45, 7) is 0. The van der Waals surface area contributed by atoms with E-state index in [4.69, 9.17) is 0 Å². The third-order valence-electron chi connectivity index (χ3n) is 1.11. The fourth-order valence-electron chi connectivity index (χ4n) is 0.579. The van der Waals surface area contributed by atoms with E-state index in [2.05, 4.69) is 0 Å². The van der Waals surface area contributed by atoms with Crippen LogP contribution in [0.25, 0.3) is 0 Å². The van der Waals surface area contributed by atoms with Crippen molar-refractivity contribution in [2.24, 2.45) is 0 Å². The molecule has 1 aromatic rings. The Bertz CT molecular complexity index is 416. The van der Waals surface area contributed by atoms with Crippen LogP contribution < -0.4 is 21.3 Å². The van der Waals surface area contributed by atoms with Gasteiger partial charge < -0.3 is 0 Å². The molecule has 4 nitrogen and oxygen atoms in total. The van der Waals surface area contributed by atoms with Crippen LogP contribution in [0.2, 0.25) is 0 Å². The third-order valence-corrected chi connectivity index (χ3v) is 1.11. The van der Waals surface area contributed by atoms with Gasteiger partial charge in [0.25, 0.3) is 0 Å². The van der Waals surface area contributed by atoms with Crippen LogP contribution in [0.3, 0.4) is 0 Å². The summed E-state index contributed by atoms with van der Waals surface area (Å²) in [7, 11) is 0. The first-order chi connectivity index (χ1) is 4.72. The van der Waals surface area contributed by atoms with Crippen LogP contribution in [-0.2, 0) is 9.59 Å². The van der Waals surface area contributed by atoms with Crippen molar-refractivity contribution < 1.29 is 9.59 Å². The smallest absolute Gasteiger partial charge is 0.223 e. The van der Waals surface area contributed by atoms with Crippen LogP contribution in [0.4, 0.5) is 0 Å². The molecule has 0 heterocycles. The Morgan fingerprint density at radius 3 is 1.30 bits per heavy atom. The Hall–Kier alpha value is -1.76. The van der Waals surface area contributed by atoms with Gasteiger partial charge in [0, 0.05) is 0 Å². The third kappa shape index (κ3) is 0.515. The molecule has 0 aliphatic carbocycles. The molecule has 0 radical (unpaired) electrons.